The van der Waals surface area contributed by atoms with Gasteiger partial charge in [-0.25, -0.2) is 8.78 Å². The van der Waals surface area contributed by atoms with Crippen LogP contribution in [-0.4, -0.2) is 47.5 Å². The summed E-state index contributed by atoms with van der Waals surface area (Å²) < 4.78 is 35.5. The second kappa shape index (κ2) is 10.4. The number of amides is 2. The van der Waals surface area contributed by atoms with E-state index in [1.54, 1.807) is 23.4 Å². The highest BCUT2D eigenvalue weighted by Gasteiger charge is 2.43. The number of morpholine rings is 1. The van der Waals surface area contributed by atoms with E-state index in [9.17, 15) is 18.4 Å². The maximum Gasteiger partial charge on any atom is 0.251 e. The van der Waals surface area contributed by atoms with Gasteiger partial charge in [0.05, 0.1) is 30.6 Å². The van der Waals surface area contributed by atoms with Crippen LogP contribution in [0.5, 0.6) is 0 Å². The van der Waals surface area contributed by atoms with Crippen LogP contribution in [0.4, 0.5) is 8.78 Å². The topological polar surface area (TPSA) is 71.5 Å². The SMILES string of the molecule is CC1(C(NC(=O)C2CN(C(=O)Cc3cccnc3)CCO2)c2c(F)ccc(Cl)c2F)CCCC1. The van der Waals surface area contributed by atoms with Gasteiger partial charge in [0.15, 0.2) is 6.10 Å². The summed E-state index contributed by atoms with van der Waals surface area (Å²) in [4.78, 5) is 31.6. The molecule has 2 unspecified atom stereocenters. The van der Waals surface area contributed by atoms with Crippen molar-refractivity contribution < 1.29 is 23.1 Å². The molecule has 1 aliphatic carbocycles. The average Bonchev–Trinajstić information content (AvgIpc) is 3.29. The number of hydrogen-bond donors (Lipinski definition) is 1. The third-order valence-corrected chi connectivity index (χ3v) is 7.18. The molecule has 2 heterocycles. The Morgan fingerprint density at radius 3 is 2.76 bits per heavy atom. The second-order valence-electron chi connectivity index (χ2n) is 9.30. The molecule has 1 aromatic heterocycles. The number of nitrogens with zero attached hydrogens (tertiary/aromatic N) is 2. The molecule has 2 amide bonds. The van der Waals surface area contributed by atoms with E-state index in [2.05, 4.69) is 10.3 Å². The highest BCUT2D eigenvalue weighted by atomic mass is 35.5. The summed E-state index contributed by atoms with van der Waals surface area (Å²) in [5, 5.41) is 2.66. The van der Waals surface area contributed by atoms with Crippen LogP contribution in [0.3, 0.4) is 0 Å². The number of ether oxygens (including phenoxy) is 1. The van der Waals surface area contributed by atoms with Crippen molar-refractivity contribution in [1.82, 2.24) is 15.2 Å². The Bertz CT molecular complexity index is 1050. The van der Waals surface area contributed by atoms with Crippen molar-refractivity contribution in [3.8, 4) is 0 Å². The van der Waals surface area contributed by atoms with E-state index in [1.165, 1.54) is 6.07 Å². The molecule has 34 heavy (non-hydrogen) atoms. The third-order valence-electron chi connectivity index (χ3n) is 6.89. The first-order valence-electron chi connectivity index (χ1n) is 11.5. The van der Waals surface area contributed by atoms with Gasteiger partial charge < -0.3 is 15.0 Å². The van der Waals surface area contributed by atoms with Crippen molar-refractivity contribution >= 4 is 23.4 Å². The zero-order valence-electron chi connectivity index (χ0n) is 19.0. The third kappa shape index (κ3) is 5.23. The van der Waals surface area contributed by atoms with Crippen molar-refractivity contribution in [3.05, 3.63) is 64.4 Å². The van der Waals surface area contributed by atoms with Crippen molar-refractivity contribution in [2.24, 2.45) is 5.41 Å². The number of pyridine rings is 1. The molecule has 6 nitrogen and oxygen atoms in total. The summed E-state index contributed by atoms with van der Waals surface area (Å²) in [6.45, 7) is 2.55. The van der Waals surface area contributed by atoms with Gasteiger partial charge >= 0.3 is 0 Å². The molecule has 1 aliphatic heterocycles. The van der Waals surface area contributed by atoms with Crippen LogP contribution in [0.25, 0.3) is 0 Å². The summed E-state index contributed by atoms with van der Waals surface area (Å²) in [7, 11) is 0. The lowest BCUT2D eigenvalue weighted by molar-refractivity contribution is -0.147. The van der Waals surface area contributed by atoms with Gasteiger partial charge in [-0.2, -0.15) is 0 Å². The van der Waals surface area contributed by atoms with Gasteiger partial charge in [0.2, 0.25) is 5.91 Å². The van der Waals surface area contributed by atoms with Crippen LogP contribution in [0.2, 0.25) is 5.02 Å². The minimum atomic E-state index is -0.940. The highest BCUT2D eigenvalue weighted by molar-refractivity contribution is 6.30. The summed E-state index contributed by atoms with van der Waals surface area (Å²) in [5.41, 5.74) is 0.0126. The van der Waals surface area contributed by atoms with Gasteiger partial charge in [0, 0.05) is 24.5 Å². The first-order chi connectivity index (χ1) is 16.3. The molecule has 182 valence electrons. The highest BCUT2D eigenvalue weighted by Crippen LogP contribution is 2.48. The van der Waals surface area contributed by atoms with Crippen molar-refractivity contribution in [2.75, 3.05) is 19.7 Å². The molecule has 1 saturated heterocycles. The lowest BCUT2D eigenvalue weighted by Crippen LogP contribution is -2.53. The Morgan fingerprint density at radius 1 is 1.29 bits per heavy atom. The molecule has 2 aliphatic rings. The van der Waals surface area contributed by atoms with Gasteiger partial charge in [-0.15, -0.1) is 0 Å². The lowest BCUT2D eigenvalue weighted by atomic mass is 9.76. The smallest absolute Gasteiger partial charge is 0.251 e. The van der Waals surface area contributed by atoms with Gasteiger partial charge in [0.25, 0.3) is 5.91 Å². The quantitative estimate of drug-likeness (QED) is 0.614. The number of hydrogen-bond acceptors (Lipinski definition) is 4. The summed E-state index contributed by atoms with van der Waals surface area (Å²) >= 11 is 5.96. The predicted octanol–water partition coefficient (Wildman–Crippen LogP) is 4.22. The predicted molar refractivity (Wildman–Crippen MR) is 123 cm³/mol. The number of carbonyl (C=O) groups excluding carboxylic acids is 2. The van der Waals surface area contributed by atoms with E-state index in [1.807, 2.05) is 13.0 Å². The number of rotatable bonds is 6. The Kier molecular flexibility index (Phi) is 7.48. The summed E-state index contributed by atoms with van der Waals surface area (Å²) in [6, 6.07) is 4.95. The van der Waals surface area contributed by atoms with Crippen LogP contribution in [0.1, 0.15) is 49.8 Å². The molecule has 2 fully saturated rings. The minimum absolute atomic E-state index is 0.0644. The number of aromatic nitrogens is 1. The largest absolute Gasteiger partial charge is 0.365 e. The molecule has 0 radical (unpaired) electrons. The summed E-state index contributed by atoms with van der Waals surface area (Å²) in [5.74, 6) is -2.26. The molecule has 1 aromatic carbocycles. The Balaban J connectivity index is 1.51. The zero-order valence-corrected chi connectivity index (χ0v) is 19.8. The van der Waals surface area contributed by atoms with E-state index in [0.717, 1.165) is 24.5 Å². The molecule has 9 heteroatoms. The molecule has 0 bridgehead atoms. The van der Waals surface area contributed by atoms with E-state index >= 15 is 0 Å². The fraction of sp³-hybridized carbons (Fsp3) is 0.480. The maximum atomic E-state index is 15.0. The first-order valence-corrected chi connectivity index (χ1v) is 11.9. The van der Waals surface area contributed by atoms with E-state index < -0.39 is 35.1 Å². The van der Waals surface area contributed by atoms with E-state index in [-0.39, 0.29) is 36.1 Å². The van der Waals surface area contributed by atoms with Crippen LogP contribution >= 0.6 is 11.6 Å². The molecule has 0 spiro atoms. The van der Waals surface area contributed by atoms with Gasteiger partial charge in [-0.05, 0) is 42.0 Å². The average molecular weight is 492 g/mol. The number of benzene rings is 1. The van der Waals surface area contributed by atoms with Gasteiger partial charge in [0.1, 0.15) is 11.6 Å². The molecule has 2 aromatic rings. The first kappa shape index (κ1) is 24.5. The van der Waals surface area contributed by atoms with Crippen molar-refractivity contribution in [1.29, 1.82) is 0 Å². The fourth-order valence-electron chi connectivity index (χ4n) is 4.93. The molecule has 4 rings (SSSR count). The Morgan fingerprint density at radius 2 is 2.06 bits per heavy atom. The minimum Gasteiger partial charge on any atom is -0.365 e. The van der Waals surface area contributed by atoms with Crippen LogP contribution in [-0.2, 0) is 20.7 Å². The number of carbonyl (C=O) groups is 2. The Labute approximate surface area is 202 Å². The number of nitrogens with one attached hydrogen (secondary N) is 1. The standard InChI is InChI=1S/C25H28ClF2N3O3/c1-25(8-2-3-9-25)23(21-18(27)7-6-17(26)22(21)28)30-24(33)19-15-31(11-12-34-19)20(32)13-16-5-4-10-29-14-16/h4-7,10,14,19,23H,2-3,8-9,11-13,15H2,1H3,(H,30,33). The molecule has 2 atom stereocenters. The van der Waals surface area contributed by atoms with Crippen LogP contribution in [0, 0.1) is 17.0 Å². The maximum absolute atomic E-state index is 15.0. The fourth-order valence-corrected chi connectivity index (χ4v) is 5.10. The van der Waals surface area contributed by atoms with Gasteiger partial charge in [-0.3, -0.25) is 14.6 Å². The normalized spacial score (nSPS) is 20.7. The summed E-state index contributed by atoms with van der Waals surface area (Å²) in [6.07, 6.45) is 5.73. The monoisotopic (exact) mass is 491 g/mol. The zero-order chi connectivity index (χ0) is 24.3. The Hall–Kier alpha value is -2.58. The van der Waals surface area contributed by atoms with E-state index in [4.69, 9.17) is 16.3 Å². The molecular weight excluding hydrogens is 464 g/mol. The van der Waals surface area contributed by atoms with Crippen LogP contribution < -0.4 is 5.32 Å². The number of halogens is 3. The molecule has 1 saturated carbocycles. The second-order valence-corrected chi connectivity index (χ2v) is 9.70. The molecular formula is C25H28ClF2N3O3. The van der Waals surface area contributed by atoms with Gasteiger partial charge in [-0.1, -0.05) is 37.4 Å². The van der Waals surface area contributed by atoms with Crippen molar-refractivity contribution in [3.63, 3.8) is 0 Å². The van der Waals surface area contributed by atoms with E-state index in [0.29, 0.717) is 19.4 Å². The van der Waals surface area contributed by atoms with Crippen LogP contribution in [0.15, 0.2) is 36.7 Å². The molecule has 1 N–H and O–H groups in total. The van der Waals surface area contributed by atoms with Crippen molar-refractivity contribution in [2.45, 2.75) is 51.2 Å². The lowest BCUT2D eigenvalue weighted by Gasteiger charge is -2.38.